The van der Waals surface area contributed by atoms with Gasteiger partial charge >= 0.3 is 6.03 Å². The zero-order valence-electron chi connectivity index (χ0n) is 24.3. The molecule has 0 spiro atoms. The van der Waals surface area contributed by atoms with Crippen LogP contribution in [0.1, 0.15) is 24.8 Å². The third-order valence-electron chi connectivity index (χ3n) is 6.83. The lowest BCUT2D eigenvalue weighted by Gasteiger charge is -2.33. The summed E-state index contributed by atoms with van der Waals surface area (Å²) in [6, 6.07) is 16.1. The first-order valence-corrected chi connectivity index (χ1v) is 15.3. The van der Waals surface area contributed by atoms with Crippen molar-refractivity contribution in [3.05, 3.63) is 77.7 Å². The van der Waals surface area contributed by atoms with Gasteiger partial charge in [-0.15, -0.1) is 24.8 Å². The summed E-state index contributed by atoms with van der Waals surface area (Å²) in [5.74, 6) is -0.449. The van der Waals surface area contributed by atoms with Crippen LogP contribution in [0.25, 0.3) is 0 Å². The summed E-state index contributed by atoms with van der Waals surface area (Å²) in [5.41, 5.74) is 11.9. The number of likely N-dealkylation sites (N-methyl/N-ethyl adjacent to an activating group) is 1. The molecule has 238 valence electrons. The first-order valence-electron chi connectivity index (χ1n) is 13.8. The second-order valence-corrected chi connectivity index (χ2v) is 11.9. The molecular weight excluding hydrogens is 613 g/mol. The van der Waals surface area contributed by atoms with Crippen molar-refractivity contribution in [1.82, 2.24) is 20.4 Å². The van der Waals surface area contributed by atoms with Crippen LogP contribution in [0.4, 0.5) is 4.79 Å². The van der Waals surface area contributed by atoms with E-state index in [1.807, 2.05) is 37.4 Å². The zero-order chi connectivity index (χ0) is 29.7. The average molecular weight is 657 g/mol. The molecule has 0 aromatic heterocycles. The van der Waals surface area contributed by atoms with Crippen LogP contribution < -0.4 is 22.1 Å². The molecule has 0 aliphatic carbocycles. The number of urea groups is 1. The van der Waals surface area contributed by atoms with Gasteiger partial charge in [-0.25, -0.2) is 13.2 Å². The number of aryl methyl sites for hydroxylation is 1. The molecule has 3 amide bonds. The fourth-order valence-electron chi connectivity index (χ4n) is 4.38. The standard InChI is InChI=1S/C29H41N7O4S.2ClH/c1-35-18-20-36(21-19-35)29(38)34-26(13-8-17-32-28(30)31)27(37)33-24(15-14-23-9-4-2-5-10-23)16-22-41(39,40)25-11-6-3-7-12-25;;/h2-7,9-12,16,22,24,26H,8,13-15,17-21H2,1H3,(H,33,37)(H,34,38)(H4,30,31,32);2*1H/b22-16+;;/t24-,26-;;/m0../s1. The Morgan fingerprint density at radius 2 is 1.53 bits per heavy atom. The fourth-order valence-corrected chi connectivity index (χ4v) is 5.47. The van der Waals surface area contributed by atoms with E-state index in [1.165, 1.54) is 18.2 Å². The number of carbonyl (C=O) groups is 2. The molecule has 2 aromatic carbocycles. The zero-order valence-corrected chi connectivity index (χ0v) is 26.8. The molecule has 1 saturated heterocycles. The Labute approximate surface area is 266 Å². The van der Waals surface area contributed by atoms with Crippen LogP contribution in [0, 0.1) is 0 Å². The van der Waals surface area contributed by atoms with Gasteiger partial charge in [0.15, 0.2) is 15.8 Å². The highest BCUT2D eigenvalue weighted by Crippen LogP contribution is 2.14. The number of amides is 3. The largest absolute Gasteiger partial charge is 0.370 e. The third-order valence-corrected chi connectivity index (χ3v) is 8.27. The van der Waals surface area contributed by atoms with E-state index in [9.17, 15) is 18.0 Å². The maximum absolute atomic E-state index is 13.5. The number of nitrogens with two attached hydrogens (primary N) is 2. The van der Waals surface area contributed by atoms with E-state index in [-0.39, 0.29) is 41.7 Å². The van der Waals surface area contributed by atoms with Crippen molar-refractivity contribution in [3.8, 4) is 0 Å². The van der Waals surface area contributed by atoms with Crippen LogP contribution in [0.15, 0.2) is 82.0 Å². The monoisotopic (exact) mass is 655 g/mol. The normalized spacial score (nSPS) is 15.0. The fraction of sp³-hybridized carbons (Fsp3) is 0.414. The summed E-state index contributed by atoms with van der Waals surface area (Å²) < 4.78 is 25.8. The van der Waals surface area contributed by atoms with Gasteiger partial charge in [-0.1, -0.05) is 54.6 Å². The molecule has 3 rings (SSSR count). The summed E-state index contributed by atoms with van der Waals surface area (Å²) in [6.45, 7) is 2.92. The minimum absolute atomic E-state index is 0. The van der Waals surface area contributed by atoms with Gasteiger partial charge in [-0.05, 0) is 50.4 Å². The third kappa shape index (κ3) is 13.2. The molecule has 1 aliphatic rings. The minimum Gasteiger partial charge on any atom is -0.370 e. The first-order chi connectivity index (χ1) is 19.6. The summed E-state index contributed by atoms with van der Waals surface area (Å²) in [6.07, 6.45) is 3.35. The van der Waals surface area contributed by atoms with Crippen molar-refractivity contribution >= 4 is 52.5 Å². The lowest BCUT2D eigenvalue weighted by atomic mass is 10.0. The number of rotatable bonds is 13. The van der Waals surface area contributed by atoms with Crippen LogP contribution >= 0.6 is 24.8 Å². The molecule has 2 aromatic rings. The van der Waals surface area contributed by atoms with Crippen molar-refractivity contribution in [1.29, 1.82) is 0 Å². The Bertz CT molecular complexity index is 1290. The van der Waals surface area contributed by atoms with Crippen LogP contribution in [0.5, 0.6) is 0 Å². The number of nitrogens with one attached hydrogen (secondary N) is 2. The Morgan fingerprint density at radius 3 is 2.14 bits per heavy atom. The molecule has 2 atom stereocenters. The highest BCUT2D eigenvalue weighted by molar-refractivity contribution is 7.94. The van der Waals surface area contributed by atoms with Gasteiger partial charge in [0, 0.05) is 44.2 Å². The molecule has 0 saturated carbocycles. The van der Waals surface area contributed by atoms with Gasteiger partial charge in [0.2, 0.25) is 5.91 Å². The SMILES string of the molecule is CN1CCN(C(=O)N[C@@H](CCCN=C(N)N)C(=O)N[C@H](/C=C/S(=O)(=O)c2ccccc2)CCc2ccccc2)CC1.Cl.Cl. The van der Waals surface area contributed by atoms with E-state index >= 15 is 0 Å². The highest BCUT2D eigenvalue weighted by atomic mass is 35.5. The van der Waals surface area contributed by atoms with Crippen LogP contribution in [-0.2, 0) is 21.1 Å². The van der Waals surface area contributed by atoms with Crippen molar-refractivity contribution in [2.75, 3.05) is 39.8 Å². The summed E-state index contributed by atoms with van der Waals surface area (Å²) in [7, 11) is -1.71. The number of piperazine rings is 1. The van der Waals surface area contributed by atoms with E-state index in [4.69, 9.17) is 11.5 Å². The number of hydrogen-bond acceptors (Lipinski definition) is 6. The number of halogens is 2. The number of hydrogen-bond donors (Lipinski definition) is 4. The lowest BCUT2D eigenvalue weighted by molar-refractivity contribution is -0.123. The maximum atomic E-state index is 13.5. The van der Waals surface area contributed by atoms with Gasteiger partial charge in [0.05, 0.1) is 4.90 Å². The number of aliphatic imine (C=N–C) groups is 1. The number of carbonyl (C=O) groups excluding carboxylic acids is 2. The molecule has 43 heavy (non-hydrogen) atoms. The summed E-state index contributed by atoms with van der Waals surface area (Å²) in [4.78, 5) is 34.5. The molecule has 14 heteroatoms. The van der Waals surface area contributed by atoms with Crippen molar-refractivity contribution in [2.24, 2.45) is 16.5 Å². The predicted octanol–water partition coefficient (Wildman–Crippen LogP) is 2.31. The highest BCUT2D eigenvalue weighted by Gasteiger charge is 2.26. The molecule has 0 bridgehead atoms. The molecule has 6 N–H and O–H groups in total. The van der Waals surface area contributed by atoms with Crippen molar-refractivity contribution in [2.45, 2.75) is 42.7 Å². The van der Waals surface area contributed by atoms with Crippen LogP contribution in [0.2, 0.25) is 0 Å². The predicted molar refractivity (Wildman–Crippen MR) is 175 cm³/mol. The van der Waals surface area contributed by atoms with Crippen LogP contribution in [-0.4, -0.2) is 88.0 Å². The lowest BCUT2D eigenvalue weighted by Crippen LogP contribution is -2.56. The minimum atomic E-state index is -3.71. The van der Waals surface area contributed by atoms with E-state index in [2.05, 4.69) is 20.5 Å². The Kier molecular flexibility index (Phi) is 16.7. The Morgan fingerprint density at radius 1 is 0.930 bits per heavy atom. The molecule has 1 fully saturated rings. The van der Waals surface area contributed by atoms with Gasteiger partial charge in [-0.3, -0.25) is 9.79 Å². The second kappa shape index (κ2) is 19.1. The summed E-state index contributed by atoms with van der Waals surface area (Å²) >= 11 is 0. The number of sulfone groups is 1. The smallest absolute Gasteiger partial charge is 0.318 e. The van der Waals surface area contributed by atoms with E-state index in [0.29, 0.717) is 45.3 Å². The number of nitrogens with zero attached hydrogens (tertiary/aromatic N) is 3. The van der Waals surface area contributed by atoms with E-state index in [1.54, 1.807) is 23.1 Å². The number of benzene rings is 2. The maximum Gasteiger partial charge on any atom is 0.318 e. The number of guanidine groups is 1. The molecule has 0 unspecified atom stereocenters. The van der Waals surface area contributed by atoms with Crippen LogP contribution in [0.3, 0.4) is 0 Å². The molecule has 0 radical (unpaired) electrons. The molecule has 11 nitrogen and oxygen atoms in total. The average Bonchev–Trinajstić information content (AvgIpc) is 2.97. The second-order valence-electron chi connectivity index (χ2n) is 10.1. The Hall–Kier alpha value is -3.32. The molecular formula is C29H43Cl2N7O4S. The van der Waals surface area contributed by atoms with Gasteiger partial charge in [-0.2, -0.15) is 0 Å². The first kappa shape index (κ1) is 37.7. The van der Waals surface area contributed by atoms with Crippen molar-refractivity contribution < 1.29 is 18.0 Å². The van der Waals surface area contributed by atoms with Gasteiger partial charge in [0.1, 0.15) is 6.04 Å². The topological polar surface area (TPSA) is 163 Å². The van der Waals surface area contributed by atoms with E-state index < -0.39 is 27.8 Å². The van der Waals surface area contributed by atoms with Crippen molar-refractivity contribution in [3.63, 3.8) is 0 Å². The summed E-state index contributed by atoms with van der Waals surface area (Å²) in [5, 5.41) is 6.96. The molecule has 1 aliphatic heterocycles. The molecule has 1 heterocycles. The Balaban J connectivity index is 0.00000462. The van der Waals surface area contributed by atoms with E-state index in [0.717, 1.165) is 24.1 Å². The van der Waals surface area contributed by atoms with Gasteiger partial charge in [0.25, 0.3) is 0 Å². The van der Waals surface area contributed by atoms with Gasteiger partial charge < -0.3 is 31.9 Å². The quantitative estimate of drug-likeness (QED) is 0.146.